The van der Waals surface area contributed by atoms with Gasteiger partial charge in [-0.2, -0.15) is 13.2 Å². The van der Waals surface area contributed by atoms with Crippen LogP contribution in [0.25, 0.3) is 0 Å². The Morgan fingerprint density at radius 1 is 1.00 bits per heavy atom. The number of nitrogens with one attached hydrogen (secondary N) is 1. The maximum absolute atomic E-state index is 14.4. The molecular formula is C23H21F3N2O3. The maximum atomic E-state index is 14.4. The van der Waals surface area contributed by atoms with E-state index in [1.807, 2.05) is 0 Å². The summed E-state index contributed by atoms with van der Waals surface area (Å²) in [6.07, 6.45) is -4.94. The third-order valence-corrected chi connectivity index (χ3v) is 5.23. The molecule has 0 unspecified atom stereocenters. The molecule has 0 aliphatic carbocycles. The van der Waals surface area contributed by atoms with Crippen LogP contribution >= 0.6 is 0 Å². The largest absolute Gasteiger partial charge is 0.425 e. The van der Waals surface area contributed by atoms with Crippen molar-refractivity contribution in [2.45, 2.75) is 32.0 Å². The number of nitrogens with zero attached hydrogens (tertiary/aromatic N) is 1. The van der Waals surface area contributed by atoms with Crippen LogP contribution in [0.4, 0.5) is 13.2 Å². The molecule has 0 aromatic heterocycles. The molecule has 1 aliphatic rings. The van der Waals surface area contributed by atoms with Crippen LogP contribution < -0.4 is 5.32 Å². The number of benzene rings is 2. The average molecular weight is 430 g/mol. The number of amides is 2. The van der Waals surface area contributed by atoms with Crippen LogP contribution in [-0.2, 0) is 16.0 Å². The van der Waals surface area contributed by atoms with Crippen molar-refractivity contribution >= 4 is 17.6 Å². The zero-order valence-electron chi connectivity index (χ0n) is 17.0. The summed E-state index contributed by atoms with van der Waals surface area (Å²) >= 11 is 0. The molecule has 0 bridgehead atoms. The van der Waals surface area contributed by atoms with Crippen LogP contribution in [0, 0.1) is 0 Å². The van der Waals surface area contributed by atoms with Crippen molar-refractivity contribution in [2.75, 3.05) is 6.54 Å². The summed E-state index contributed by atoms with van der Waals surface area (Å²) in [5.41, 5.74) is -3.52. The van der Waals surface area contributed by atoms with E-state index in [-0.39, 0.29) is 24.2 Å². The summed E-state index contributed by atoms with van der Waals surface area (Å²) < 4.78 is 43.2. The molecule has 1 heterocycles. The van der Waals surface area contributed by atoms with Crippen LogP contribution in [0.5, 0.6) is 0 Å². The number of carbonyl (C=O) groups is 3. The fourth-order valence-electron chi connectivity index (χ4n) is 3.81. The smallest absolute Gasteiger partial charge is 0.331 e. The number of halogens is 3. The molecule has 0 saturated heterocycles. The molecule has 0 saturated carbocycles. The zero-order chi connectivity index (χ0) is 22.8. The van der Waals surface area contributed by atoms with Gasteiger partial charge in [0.05, 0.1) is 5.57 Å². The molecule has 2 aromatic rings. The van der Waals surface area contributed by atoms with Crippen molar-refractivity contribution in [3.8, 4) is 0 Å². The highest BCUT2D eigenvalue weighted by Gasteiger charge is 2.70. The Morgan fingerprint density at radius 2 is 1.55 bits per heavy atom. The number of ketones is 1. The van der Waals surface area contributed by atoms with Crippen molar-refractivity contribution in [1.29, 1.82) is 0 Å². The van der Waals surface area contributed by atoms with Gasteiger partial charge in [0.25, 0.3) is 5.91 Å². The van der Waals surface area contributed by atoms with E-state index in [2.05, 4.69) is 0 Å². The van der Waals surface area contributed by atoms with Crippen LogP contribution in [0.15, 0.2) is 71.9 Å². The van der Waals surface area contributed by atoms with Crippen molar-refractivity contribution in [3.63, 3.8) is 0 Å². The molecule has 0 fully saturated rings. The summed E-state index contributed by atoms with van der Waals surface area (Å²) in [6.45, 7) is 2.11. The van der Waals surface area contributed by atoms with Crippen molar-refractivity contribution in [3.05, 3.63) is 83.1 Å². The SMILES string of the molecule is CC(=O)N[C@@]1(C(F)(F)F)C(=O)N(CCc2ccccc2)C(C)=C1C(=O)c1ccccc1. The fraction of sp³-hybridized carbons (Fsp3) is 0.261. The number of hydrogen-bond donors (Lipinski definition) is 1. The van der Waals surface area contributed by atoms with Crippen molar-refractivity contribution in [1.82, 2.24) is 10.2 Å². The number of allylic oxidation sites excluding steroid dienone is 1. The van der Waals surface area contributed by atoms with Crippen LogP contribution in [0.1, 0.15) is 29.8 Å². The molecule has 0 spiro atoms. The Balaban J connectivity index is 2.12. The first-order valence-corrected chi connectivity index (χ1v) is 9.62. The second-order valence-electron chi connectivity index (χ2n) is 7.28. The first-order valence-electron chi connectivity index (χ1n) is 9.62. The van der Waals surface area contributed by atoms with Gasteiger partial charge in [0.2, 0.25) is 11.4 Å². The standard InChI is InChI=1S/C23H21F3N2O3/c1-15-19(20(30)18-11-7-4-8-12-18)22(23(24,25)26,27-16(2)29)21(31)28(15)14-13-17-9-5-3-6-10-17/h3-12H,13-14H2,1-2H3,(H,27,29)/t22-/m1/s1. The van der Waals surface area contributed by atoms with Crippen LogP contribution in [0.3, 0.4) is 0 Å². The van der Waals surface area contributed by atoms with Gasteiger partial charge < -0.3 is 10.2 Å². The second-order valence-corrected chi connectivity index (χ2v) is 7.28. The fourth-order valence-corrected chi connectivity index (χ4v) is 3.81. The molecule has 1 aliphatic heterocycles. The summed E-state index contributed by atoms with van der Waals surface area (Å²) in [6, 6.07) is 16.3. The topological polar surface area (TPSA) is 66.5 Å². The monoisotopic (exact) mass is 430 g/mol. The van der Waals surface area contributed by atoms with E-state index >= 15 is 0 Å². The summed E-state index contributed by atoms with van der Waals surface area (Å²) in [4.78, 5) is 39.1. The number of Topliss-reactive ketones (excluding diaryl/α,β-unsaturated/α-hetero) is 1. The van der Waals surface area contributed by atoms with E-state index in [0.717, 1.165) is 17.4 Å². The Morgan fingerprint density at radius 3 is 2.06 bits per heavy atom. The Kier molecular flexibility index (Phi) is 6.01. The van der Waals surface area contributed by atoms with Gasteiger partial charge in [0.1, 0.15) is 0 Å². The minimum absolute atomic E-state index is 0.00598. The normalized spacial score (nSPS) is 19.0. The molecule has 1 atom stereocenters. The van der Waals surface area contributed by atoms with Crippen LogP contribution in [0.2, 0.25) is 0 Å². The molecule has 0 radical (unpaired) electrons. The van der Waals surface area contributed by atoms with Gasteiger partial charge in [0.15, 0.2) is 5.78 Å². The molecule has 2 amide bonds. The van der Waals surface area contributed by atoms with Gasteiger partial charge in [-0.3, -0.25) is 14.4 Å². The van der Waals surface area contributed by atoms with Crippen molar-refractivity contribution < 1.29 is 27.6 Å². The quantitative estimate of drug-likeness (QED) is 0.712. The summed E-state index contributed by atoms with van der Waals surface area (Å²) in [7, 11) is 0. The van der Waals surface area contributed by atoms with Gasteiger partial charge in [-0.05, 0) is 18.9 Å². The Labute approximate surface area is 177 Å². The average Bonchev–Trinajstić information content (AvgIpc) is 2.94. The lowest BCUT2D eigenvalue weighted by Crippen LogP contribution is -2.65. The third kappa shape index (κ3) is 3.97. The lowest BCUT2D eigenvalue weighted by atomic mass is 9.84. The molecule has 31 heavy (non-hydrogen) atoms. The van der Waals surface area contributed by atoms with Gasteiger partial charge in [-0.15, -0.1) is 0 Å². The number of alkyl halides is 3. The van der Waals surface area contributed by atoms with Gasteiger partial charge in [0, 0.05) is 24.7 Å². The van der Waals surface area contributed by atoms with Gasteiger partial charge >= 0.3 is 6.18 Å². The minimum atomic E-state index is -5.22. The number of rotatable bonds is 6. The van der Waals surface area contributed by atoms with E-state index < -0.39 is 34.9 Å². The van der Waals surface area contributed by atoms with E-state index in [1.165, 1.54) is 31.2 Å². The molecule has 3 rings (SSSR count). The molecule has 2 aromatic carbocycles. The van der Waals surface area contributed by atoms with E-state index in [1.54, 1.807) is 41.7 Å². The molecule has 1 N–H and O–H groups in total. The Hall–Kier alpha value is -3.42. The molecular weight excluding hydrogens is 409 g/mol. The number of carbonyl (C=O) groups excluding carboxylic acids is 3. The highest BCUT2D eigenvalue weighted by Crippen LogP contribution is 2.45. The van der Waals surface area contributed by atoms with Gasteiger partial charge in [-0.1, -0.05) is 60.7 Å². The predicted molar refractivity (Wildman–Crippen MR) is 108 cm³/mol. The first kappa shape index (κ1) is 22.3. The van der Waals surface area contributed by atoms with Gasteiger partial charge in [-0.25, -0.2) is 0 Å². The summed E-state index contributed by atoms with van der Waals surface area (Å²) in [5, 5.41) is 1.77. The van der Waals surface area contributed by atoms with E-state index in [4.69, 9.17) is 0 Å². The third-order valence-electron chi connectivity index (χ3n) is 5.23. The minimum Gasteiger partial charge on any atom is -0.331 e. The Bertz CT molecular complexity index is 1030. The molecule has 5 nitrogen and oxygen atoms in total. The maximum Gasteiger partial charge on any atom is 0.425 e. The zero-order valence-corrected chi connectivity index (χ0v) is 17.0. The highest BCUT2D eigenvalue weighted by atomic mass is 19.4. The summed E-state index contributed by atoms with van der Waals surface area (Å²) in [5.74, 6) is -3.41. The second kappa shape index (κ2) is 8.37. The van der Waals surface area contributed by atoms with E-state index in [0.29, 0.717) is 0 Å². The van der Waals surface area contributed by atoms with Crippen molar-refractivity contribution in [2.24, 2.45) is 0 Å². The van der Waals surface area contributed by atoms with Crippen LogP contribution in [-0.4, -0.2) is 40.8 Å². The lowest BCUT2D eigenvalue weighted by molar-refractivity contribution is -0.193. The lowest BCUT2D eigenvalue weighted by Gasteiger charge is -2.33. The highest BCUT2D eigenvalue weighted by molar-refractivity contribution is 6.18. The molecule has 162 valence electrons. The predicted octanol–water partition coefficient (Wildman–Crippen LogP) is 3.67. The van der Waals surface area contributed by atoms with E-state index in [9.17, 15) is 27.6 Å². The molecule has 8 heteroatoms. The number of hydrogen-bond acceptors (Lipinski definition) is 3. The first-order chi connectivity index (χ1) is 14.6.